The van der Waals surface area contributed by atoms with Gasteiger partial charge in [-0.25, -0.2) is 0 Å². The van der Waals surface area contributed by atoms with Gasteiger partial charge in [0.15, 0.2) is 5.78 Å². The highest BCUT2D eigenvalue weighted by molar-refractivity contribution is 6.01. The highest BCUT2D eigenvalue weighted by Gasteiger charge is 2.36. The molecule has 1 amide bonds. The second-order valence-corrected chi connectivity index (χ2v) is 8.88. The molecule has 0 saturated heterocycles. The van der Waals surface area contributed by atoms with Gasteiger partial charge in [0.2, 0.25) is 5.91 Å². The van der Waals surface area contributed by atoms with E-state index >= 15 is 0 Å². The van der Waals surface area contributed by atoms with Crippen molar-refractivity contribution in [3.05, 3.63) is 101 Å². The number of para-hydroxylation sites is 2. The van der Waals surface area contributed by atoms with Crippen LogP contribution in [0, 0.1) is 6.92 Å². The molecule has 3 aromatic rings. The predicted octanol–water partition coefficient (Wildman–Crippen LogP) is 5.93. The first kappa shape index (κ1) is 21.0. The van der Waals surface area contributed by atoms with Crippen molar-refractivity contribution >= 4 is 28.8 Å². The maximum absolute atomic E-state index is 13.6. The van der Waals surface area contributed by atoms with Crippen molar-refractivity contribution in [2.45, 2.75) is 38.6 Å². The average Bonchev–Trinajstić information content (AvgIpc) is 2.96. The van der Waals surface area contributed by atoms with Crippen molar-refractivity contribution in [1.82, 2.24) is 0 Å². The maximum atomic E-state index is 13.6. The number of aryl methyl sites for hydroxylation is 1. The monoisotopic (exact) mass is 437 g/mol. The van der Waals surface area contributed by atoms with E-state index in [0.717, 1.165) is 40.3 Å². The minimum atomic E-state index is -0.269. The molecule has 3 aromatic carbocycles. The largest absolute Gasteiger partial charge is 0.372 e. The summed E-state index contributed by atoms with van der Waals surface area (Å²) in [5.74, 6) is 0.200. The quantitative estimate of drug-likeness (QED) is 0.475. The highest BCUT2D eigenvalue weighted by Crippen LogP contribution is 2.44. The summed E-state index contributed by atoms with van der Waals surface area (Å²) in [5.41, 5.74) is 7.84. The normalized spacial score (nSPS) is 19.5. The number of fused-ring (bicyclic) bond motifs is 1. The minimum absolute atomic E-state index is 0.108. The Morgan fingerprint density at radius 2 is 1.55 bits per heavy atom. The summed E-state index contributed by atoms with van der Waals surface area (Å²) in [6, 6.07) is 24.0. The van der Waals surface area contributed by atoms with E-state index < -0.39 is 0 Å². The van der Waals surface area contributed by atoms with Gasteiger partial charge in [-0.1, -0.05) is 54.1 Å². The number of allylic oxidation sites excluding steroid dienone is 1. The van der Waals surface area contributed by atoms with E-state index in [0.29, 0.717) is 6.42 Å². The van der Waals surface area contributed by atoms with Crippen LogP contribution in [0.5, 0.6) is 0 Å². The number of carbonyl (C=O) groups is 2. The molecule has 0 fully saturated rings. The SMILES string of the molecule is CC(=O)Nc1ccc(C2Nc3ccccc3NC3=C2C(=O)CC(c2ccc(C)cc2)C3)cc1. The molecule has 1 aliphatic heterocycles. The summed E-state index contributed by atoms with van der Waals surface area (Å²) in [6.07, 6.45) is 1.27. The molecule has 0 radical (unpaired) electrons. The Balaban J connectivity index is 1.55. The van der Waals surface area contributed by atoms with E-state index in [-0.39, 0.29) is 23.7 Å². The summed E-state index contributed by atoms with van der Waals surface area (Å²) in [7, 11) is 0. The molecule has 5 rings (SSSR count). The molecule has 3 N–H and O–H groups in total. The molecule has 0 saturated carbocycles. The van der Waals surface area contributed by atoms with Crippen LogP contribution in [0.25, 0.3) is 0 Å². The van der Waals surface area contributed by atoms with Crippen LogP contribution >= 0.6 is 0 Å². The van der Waals surface area contributed by atoms with Crippen molar-refractivity contribution in [1.29, 1.82) is 0 Å². The van der Waals surface area contributed by atoms with Crippen LogP contribution in [0.4, 0.5) is 17.1 Å². The topological polar surface area (TPSA) is 70.2 Å². The Hall–Kier alpha value is -3.86. The summed E-state index contributed by atoms with van der Waals surface area (Å²) in [4.78, 5) is 25.0. The smallest absolute Gasteiger partial charge is 0.221 e. The molecule has 33 heavy (non-hydrogen) atoms. The first-order valence-electron chi connectivity index (χ1n) is 11.3. The standard InChI is InChI=1S/C28H27N3O2/c1-17-7-9-19(10-8-17)21-15-25-27(26(33)16-21)28(31-24-6-4-3-5-23(24)30-25)20-11-13-22(14-12-20)29-18(2)32/h3-14,21,28,30-31H,15-16H2,1-2H3,(H,29,32). The van der Waals surface area contributed by atoms with Crippen LogP contribution in [-0.4, -0.2) is 11.7 Å². The molecule has 0 bridgehead atoms. The minimum Gasteiger partial charge on any atom is -0.372 e. The summed E-state index contributed by atoms with van der Waals surface area (Å²) < 4.78 is 0. The third-order valence-electron chi connectivity index (χ3n) is 6.42. The zero-order chi connectivity index (χ0) is 22.9. The Kier molecular flexibility index (Phi) is 5.47. The summed E-state index contributed by atoms with van der Waals surface area (Å²) >= 11 is 0. The number of amides is 1. The van der Waals surface area contributed by atoms with E-state index in [1.54, 1.807) is 0 Å². The van der Waals surface area contributed by atoms with Crippen molar-refractivity contribution in [3.8, 4) is 0 Å². The number of carbonyl (C=O) groups excluding carboxylic acids is 2. The number of Topliss-reactive ketones (excluding diaryl/α,β-unsaturated/α-hetero) is 1. The fourth-order valence-electron chi connectivity index (χ4n) is 4.78. The Morgan fingerprint density at radius 1 is 0.879 bits per heavy atom. The third kappa shape index (κ3) is 4.27. The number of benzene rings is 3. The number of anilines is 3. The molecule has 2 atom stereocenters. The third-order valence-corrected chi connectivity index (χ3v) is 6.42. The van der Waals surface area contributed by atoms with E-state index in [2.05, 4.69) is 47.1 Å². The van der Waals surface area contributed by atoms with Gasteiger partial charge in [-0.05, 0) is 54.7 Å². The molecular formula is C28H27N3O2. The van der Waals surface area contributed by atoms with Crippen LogP contribution in [0.3, 0.4) is 0 Å². The van der Waals surface area contributed by atoms with Gasteiger partial charge in [0.25, 0.3) is 0 Å². The number of rotatable bonds is 3. The highest BCUT2D eigenvalue weighted by atomic mass is 16.1. The second kappa shape index (κ2) is 8.58. The molecule has 1 heterocycles. The Morgan fingerprint density at radius 3 is 2.24 bits per heavy atom. The lowest BCUT2D eigenvalue weighted by Crippen LogP contribution is -2.26. The second-order valence-electron chi connectivity index (χ2n) is 8.88. The molecule has 166 valence electrons. The molecule has 0 aromatic heterocycles. The molecule has 2 unspecified atom stereocenters. The summed E-state index contributed by atoms with van der Waals surface area (Å²) in [5, 5.41) is 9.98. The zero-order valence-corrected chi connectivity index (χ0v) is 18.8. The predicted molar refractivity (Wildman–Crippen MR) is 132 cm³/mol. The molecule has 5 nitrogen and oxygen atoms in total. The fourth-order valence-corrected chi connectivity index (χ4v) is 4.78. The van der Waals surface area contributed by atoms with Gasteiger partial charge in [0.05, 0.1) is 17.4 Å². The molecular weight excluding hydrogens is 410 g/mol. The van der Waals surface area contributed by atoms with Crippen LogP contribution in [0.15, 0.2) is 84.1 Å². The van der Waals surface area contributed by atoms with Crippen LogP contribution in [0.2, 0.25) is 0 Å². The number of hydrogen-bond acceptors (Lipinski definition) is 4. The number of nitrogens with one attached hydrogen (secondary N) is 3. The van der Waals surface area contributed by atoms with E-state index in [9.17, 15) is 9.59 Å². The Bertz CT molecular complexity index is 1240. The average molecular weight is 438 g/mol. The Labute approximate surface area is 193 Å². The van der Waals surface area contributed by atoms with Gasteiger partial charge in [0.1, 0.15) is 0 Å². The van der Waals surface area contributed by atoms with Gasteiger partial charge in [-0.15, -0.1) is 0 Å². The van der Waals surface area contributed by atoms with Gasteiger partial charge < -0.3 is 16.0 Å². The van der Waals surface area contributed by atoms with E-state index in [1.807, 2.05) is 48.5 Å². The van der Waals surface area contributed by atoms with Crippen LogP contribution in [0.1, 0.15) is 48.4 Å². The zero-order valence-electron chi connectivity index (χ0n) is 18.8. The lowest BCUT2D eigenvalue weighted by atomic mass is 9.78. The first-order valence-corrected chi connectivity index (χ1v) is 11.3. The van der Waals surface area contributed by atoms with Gasteiger partial charge in [-0.2, -0.15) is 0 Å². The lowest BCUT2D eigenvalue weighted by molar-refractivity contribution is -0.116. The van der Waals surface area contributed by atoms with Crippen LogP contribution < -0.4 is 16.0 Å². The maximum Gasteiger partial charge on any atom is 0.221 e. The van der Waals surface area contributed by atoms with E-state index in [1.165, 1.54) is 18.1 Å². The van der Waals surface area contributed by atoms with Crippen molar-refractivity contribution in [2.24, 2.45) is 0 Å². The molecule has 1 aliphatic carbocycles. The first-order chi connectivity index (χ1) is 16.0. The van der Waals surface area contributed by atoms with Crippen molar-refractivity contribution in [3.63, 3.8) is 0 Å². The molecule has 2 aliphatic rings. The van der Waals surface area contributed by atoms with Gasteiger partial charge in [0, 0.05) is 30.3 Å². The van der Waals surface area contributed by atoms with Gasteiger partial charge in [-0.3, -0.25) is 9.59 Å². The van der Waals surface area contributed by atoms with Gasteiger partial charge >= 0.3 is 0 Å². The molecule has 0 spiro atoms. The van der Waals surface area contributed by atoms with Crippen LogP contribution in [-0.2, 0) is 9.59 Å². The fraction of sp³-hybridized carbons (Fsp3) is 0.214. The number of ketones is 1. The van der Waals surface area contributed by atoms with Crippen molar-refractivity contribution < 1.29 is 9.59 Å². The lowest BCUT2D eigenvalue weighted by Gasteiger charge is -2.30. The van der Waals surface area contributed by atoms with E-state index in [4.69, 9.17) is 0 Å². The molecule has 5 heteroatoms. The summed E-state index contributed by atoms with van der Waals surface area (Å²) in [6.45, 7) is 3.57. The van der Waals surface area contributed by atoms with Crippen molar-refractivity contribution in [2.75, 3.05) is 16.0 Å². The number of hydrogen-bond donors (Lipinski definition) is 3.